The molecular weight excluding hydrogens is 182 g/mol. The Morgan fingerprint density at radius 2 is 2.29 bits per heavy atom. The molecule has 0 saturated heterocycles. The molecule has 4 heteroatoms. The summed E-state index contributed by atoms with van der Waals surface area (Å²) in [5, 5.41) is 0. The minimum Gasteiger partial charge on any atom is -0.456 e. The van der Waals surface area contributed by atoms with E-state index in [1.165, 1.54) is 0 Å². The molecule has 0 aliphatic heterocycles. The Bertz CT molecular complexity index is 304. The standard InChI is InChI=1S/C10H15NO3/c1-7(2)6-13-11-10(12)9-5-4-8(3)14-9/h4-5,7H,6H2,1-3H3,(H,11,12). The Labute approximate surface area is 83.2 Å². The molecule has 0 aromatic carbocycles. The van der Waals surface area contributed by atoms with Crippen molar-refractivity contribution in [2.75, 3.05) is 6.61 Å². The van der Waals surface area contributed by atoms with Gasteiger partial charge in [-0.15, -0.1) is 0 Å². The molecule has 0 radical (unpaired) electrons. The van der Waals surface area contributed by atoms with E-state index in [1.54, 1.807) is 19.1 Å². The number of furan rings is 1. The Hall–Kier alpha value is -1.29. The van der Waals surface area contributed by atoms with E-state index in [-0.39, 0.29) is 11.7 Å². The summed E-state index contributed by atoms with van der Waals surface area (Å²) in [6, 6.07) is 3.35. The normalized spacial score (nSPS) is 10.6. The van der Waals surface area contributed by atoms with Gasteiger partial charge >= 0.3 is 5.91 Å². The summed E-state index contributed by atoms with van der Waals surface area (Å²) in [5.74, 6) is 1.01. The maximum absolute atomic E-state index is 11.3. The van der Waals surface area contributed by atoms with Crippen LogP contribution in [-0.2, 0) is 4.84 Å². The summed E-state index contributed by atoms with van der Waals surface area (Å²) in [7, 11) is 0. The van der Waals surface area contributed by atoms with Crippen molar-refractivity contribution in [1.29, 1.82) is 0 Å². The van der Waals surface area contributed by atoms with Crippen molar-refractivity contribution < 1.29 is 14.0 Å². The van der Waals surface area contributed by atoms with Gasteiger partial charge in [-0.25, -0.2) is 5.48 Å². The van der Waals surface area contributed by atoms with Gasteiger partial charge in [-0.1, -0.05) is 13.8 Å². The first-order valence-electron chi connectivity index (χ1n) is 4.58. The van der Waals surface area contributed by atoms with Gasteiger partial charge in [0, 0.05) is 0 Å². The van der Waals surface area contributed by atoms with E-state index in [9.17, 15) is 4.79 Å². The number of rotatable bonds is 4. The minimum atomic E-state index is -0.348. The SMILES string of the molecule is Cc1ccc(C(=O)NOCC(C)C)o1. The molecule has 0 fully saturated rings. The first-order chi connectivity index (χ1) is 6.59. The van der Waals surface area contributed by atoms with E-state index in [0.717, 1.165) is 0 Å². The van der Waals surface area contributed by atoms with Gasteiger partial charge in [0.15, 0.2) is 5.76 Å². The third kappa shape index (κ3) is 3.22. The van der Waals surface area contributed by atoms with E-state index in [2.05, 4.69) is 5.48 Å². The molecule has 4 nitrogen and oxygen atoms in total. The predicted octanol–water partition coefficient (Wildman–Crippen LogP) is 1.91. The highest BCUT2D eigenvalue weighted by Crippen LogP contribution is 2.05. The van der Waals surface area contributed by atoms with Crippen molar-refractivity contribution in [3.05, 3.63) is 23.7 Å². The molecule has 1 rings (SSSR count). The maximum atomic E-state index is 11.3. The van der Waals surface area contributed by atoms with E-state index in [0.29, 0.717) is 18.3 Å². The Kier molecular flexibility index (Phi) is 3.71. The fourth-order valence-electron chi connectivity index (χ4n) is 0.881. The van der Waals surface area contributed by atoms with Gasteiger partial charge in [0.25, 0.3) is 0 Å². The van der Waals surface area contributed by atoms with E-state index in [4.69, 9.17) is 9.25 Å². The summed E-state index contributed by atoms with van der Waals surface area (Å²) >= 11 is 0. The third-order valence-electron chi connectivity index (χ3n) is 1.55. The zero-order valence-electron chi connectivity index (χ0n) is 8.66. The van der Waals surface area contributed by atoms with Crippen LogP contribution in [0.4, 0.5) is 0 Å². The van der Waals surface area contributed by atoms with Crippen molar-refractivity contribution >= 4 is 5.91 Å². The number of hydrogen-bond donors (Lipinski definition) is 1. The second-order valence-electron chi connectivity index (χ2n) is 3.55. The van der Waals surface area contributed by atoms with Gasteiger partial charge in [-0.2, -0.15) is 0 Å². The van der Waals surface area contributed by atoms with Crippen molar-refractivity contribution in [1.82, 2.24) is 5.48 Å². The van der Waals surface area contributed by atoms with Gasteiger partial charge in [-0.05, 0) is 25.0 Å². The van der Waals surface area contributed by atoms with Gasteiger partial charge in [-0.3, -0.25) is 9.63 Å². The molecular formula is C10H15NO3. The average Bonchev–Trinajstić information content (AvgIpc) is 2.51. The van der Waals surface area contributed by atoms with Crippen molar-refractivity contribution in [3.63, 3.8) is 0 Å². The first kappa shape index (κ1) is 10.8. The maximum Gasteiger partial charge on any atom is 0.310 e. The van der Waals surface area contributed by atoms with Crippen molar-refractivity contribution in [2.24, 2.45) is 5.92 Å². The van der Waals surface area contributed by atoms with Gasteiger partial charge in [0.2, 0.25) is 0 Å². The molecule has 1 aromatic rings. The van der Waals surface area contributed by atoms with E-state index >= 15 is 0 Å². The zero-order valence-corrected chi connectivity index (χ0v) is 8.66. The second-order valence-corrected chi connectivity index (χ2v) is 3.55. The number of hydroxylamine groups is 1. The highest BCUT2D eigenvalue weighted by molar-refractivity contribution is 5.90. The molecule has 1 aromatic heterocycles. The molecule has 0 aliphatic rings. The summed E-state index contributed by atoms with van der Waals surface area (Å²) < 4.78 is 5.11. The van der Waals surface area contributed by atoms with Gasteiger partial charge in [0.05, 0.1) is 6.61 Å². The predicted molar refractivity (Wildman–Crippen MR) is 51.7 cm³/mol. The van der Waals surface area contributed by atoms with Crippen LogP contribution in [0.3, 0.4) is 0 Å². The van der Waals surface area contributed by atoms with Crippen molar-refractivity contribution in [3.8, 4) is 0 Å². The topological polar surface area (TPSA) is 51.5 Å². The van der Waals surface area contributed by atoms with Crippen LogP contribution in [-0.4, -0.2) is 12.5 Å². The van der Waals surface area contributed by atoms with Crippen LogP contribution in [0, 0.1) is 12.8 Å². The molecule has 14 heavy (non-hydrogen) atoms. The Morgan fingerprint density at radius 1 is 1.57 bits per heavy atom. The number of amides is 1. The highest BCUT2D eigenvalue weighted by atomic mass is 16.7. The molecule has 0 aliphatic carbocycles. The number of carbonyl (C=O) groups excluding carboxylic acids is 1. The van der Waals surface area contributed by atoms with Crippen LogP contribution in [0.1, 0.15) is 30.2 Å². The lowest BCUT2D eigenvalue weighted by atomic mass is 10.2. The van der Waals surface area contributed by atoms with Crippen LogP contribution >= 0.6 is 0 Å². The monoisotopic (exact) mass is 197 g/mol. The molecule has 1 heterocycles. The molecule has 1 amide bonds. The quantitative estimate of drug-likeness (QED) is 0.750. The second kappa shape index (κ2) is 4.81. The first-order valence-corrected chi connectivity index (χ1v) is 4.58. The molecule has 0 bridgehead atoms. The average molecular weight is 197 g/mol. The smallest absolute Gasteiger partial charge is 0.310 e. The number of aryl methyl sites for hydroxylation is 1. The molecule has 0 atom stereocenters. The summed E-state index contributed by atoms with van der Waals surface area (Å²) in [6.07, 6.45) is 0. The molecule has 0 unspecified atom stereocenters. The molecule has 0 spiro atoms. The summed E-state index contributed by atoms with van der Waals surface area (Å²) in [6.45, 7) is 6.28. The molecule has 78 valence electrons. The lowest BCUT2D eigenvalue weighted by Crippen LogP contribution is -2.25. The van der Waals surface area contributed by atoms with Crippen LogP contribution < -0.4 is 5.48 Å². The number of nitrogens with one attached hydrogen (secondary N) is 1. The van der Waals surface area contributed by atoms with Crippen LogP contribution in [0.15, 0.2) is 16.5 Å². The summed E-state index contributed by atoms with van der Waals surface area (Å²) in [4.78, 5) is 16.3. The fraction of sp³-hybridized carbons (Fsp3) is 0.500. The van der Waals surface area contributed by atoms with Crippen LogP contribution in [0.25, 0.3) is 0 Å². The fourth-order valence-corrected chi connectivity index (χ4v) is 0.881. The van der Waals surface area contributed by atoms with Crippen molar-refractivity contribution in [2.45, 2.75) is 20.8 Å². The van der Waals surface area contributed by atoms with Crippen LogP contribution in [0.2, 0.25) is 0 Å². The molecule has 0 saturated carbocycles. The Balaban J connectivity index is 2.36. The highest BCUT2D eigenvalue weighted by Gasteiger charge is 2.09. The number of hydrogen-bond acceptors (Lipinski definition) is 3. The van der Waals surface area contributed by atoms with Gasteiger partial charge < -0.3 is 4.42 Å². The van der Waals surface area contributed by atoms with Crippen LogP contribution in [0.5, 0.6) is 0 Å². The molecule has 1 N–H and O–H groups in total. The summed E-state index contributed by atoms with van der Waals surface area (Å²) in [5.41, 5.74) is 2.31. The lowest BCUT2D eigenvalue weighted by Gasteiger charge is -2.05. The number of carbonyl (C=O) groups is 1. The lowest BCUT2D eigenvalue weighted by molar-refractivity contribution is 0.0188. The van der Waals surface area contributed by atoms with E-state index in [1.807, 2.05) is 13.8 Å². The Morgan fingerprint density at radius 3 is 2.79 bits per heavy atom. The van der Waals surface area contributed by atoms with Gasteiger partial charge in [0.1, 0.15) is 5.76 Å². The zero-order chi connectivity index (χ0) is 10.6. The van der Waals surface area contributed by atoms with E-state index < -0.39 is 0 Å². The largest absolute Gasteiger partial charge is 0.456 e. The third-order valence-corrected chi connectivity index (χ3v) is 1.55. The minimum absolute atomic E-state index is 0.270.